The second-order valence-corrected chi connectivity index (χ2v) is 5.09. The molecule has 0 radical (unpaired) electrons. The quantitative estimate of drug-likeness (QED) is 0.318. The van der Waals surface area contributed by atoms with Crippen molar-refractivity contribution in [3.63, 3.8) is 0 Å². The van der Waals surface area contributed by atoms with E-state index in [1.807, 2.05) is 0 Å². The van der Waals surface area contributed by atoms with E-state index in [9.17, 15) is 19.8 Å². The van der Waals surface area contributed by atoms with Gasteiger partial charge in [-0.1, -0.05) is 0 Å². The molecule has 2 aromatic rings. The smallest absolute Gasteiger partial charge is 0.351 e. The van der Waals surface area contributed by atoms with Crippen LogP contribution in [0.1, 0.15) is 6.23 Å². The monoisotopic (exact) mass is 354 g/mol. The Morgan fingerprint density at radius 3 is 2.32 bits per heavy atom. The van der Waals surface area contributed by atoms with E-state index in [0.717, 1.165) is 4.57 Å². The summed E-state index contributed by atoms with van der Waals surface area (Å²) in [5.74, 6) is 0.298. The zero-order valence-corrected chi connectivity index (χ0v) is 12.9. The maximum absolute atomic E-state index is 11.5. The first-order valence-electron chi connectivity index (χ1n) is 7.12. The molecule has 4 atom stereocenters. The topological polar surface area (TPSA) is 203 Å². The molecule has 136 valence electrons. The van der Waals surface area contributed by atoms with Crippen LogP contribution in [0.5, 0.6) is 0 Å². The zero-order chi connectivity index (χ0) is 18.6. The van der Waals surface area contributed by atoms with Gasteiger partial charge < -0.3 is 36.5 Å². The molecule has 8 N–H and O–H groups in total. The molecule has 0 saturated carbocycles. The van der Waals surface area contributed by atoms with Crippen molar-refractivity contribution in [2.24, 2.45) is 0 Å². The second kappa shape index (κ2) is 7.85. The number of rotatable bonds is 2. The Bertz CT molecular complexity index is 823. The largest absolute Gasteiger partial charge is 0.394 e. The number of nitrogens with zero attached hydrogens (tertiary/aromatic N) is 3. The lowest BCUT2D eigenvalue weighted by Crippen LogP contribution is -2.36. The van der Waals surface area contributed by atoms with E-state index in [4.69, 9.17) is 21.3 Å². The van der Waals surface area contributed by atoms with Crippen molar-refractivity contribution in [3.8, 4) is 0 Å². The van der Waals surface area contributed by atoms with Crippen molar-refractivity contribution >= 4 is 11.6 Å². The normalized spacial score (nSPS) is 25.2. The molecular weight excluding hydrogens is 336 g/mol. The number of ether oxygens (including phenoxy) is 1. The highest BCUT2D eigenvalue weighted by Crippen LogP contribution is 2.27. The number of nitrogens with one attached hydrogen (secondary N) is 1. The van der Waals surface area contributed by atoms with E-state index in [1.54, 1.807) is 0 Å². The highest BCUT2D eigenvalue weighted by Gasteiger charge is 2.43. The maximum atomic E-state index is 11.5. The minimum Gasteiger partial charge on any atom is -0.394 e. The lowest BCUT2D eigenvalue weighted by Gasteiger charge is -2.16. The standard InChI is InChI=1S/C9H13N3O5.C4H5N3O/c10-5-1-2-12(9(16)11-5)8-7(15)6(14)4(3-13)17-8;5-3-1-2-6-4(8)7-3/h1-2,4,6-8,13-15H,3H2,(H2,10,11,16);1-2H,(H3,5,6,7,8)/t4-,6-,7-,8-;/m1./s1. The molecule has 25 heavy (non-hydrogen) atoms. The van der Waals surface area contributed by atoms with Gasteiger partial charge in [-0.25, -0.2) is 9.59 Å². The fourth-order valence-electron chi connectivity index (χ4n) is 2.11. The van der Waals surface area contributed by atoms with E-state index < -0.39 is 42.5 Å². The number of aliphatic hydroxyl groups is 3. The number of hydrogen-bond acceptors (Lipinski definition) is 10. The molecule has 0 bridgehead atoms. The number of aliphatic hydroxyl groups excluding tert-OH is 3. The average Bonchev–Trinajstić information content (AvgIpc) is 2.83. The van der Waals surface area contributed by atoms with Gasteiger partial charge in [0.15, 0.2) is 6.23 Å². The molecule has 1 saturated heterocycles. The lowest BCUT2D eigenvalue weighted by atomic mass is 10.1. The van der Waals surface area contributed by atoms with Gasteiger partial charge in [-0.15, -0.1) is 0 Å². The first-order chi connectivity index (χ1) is 11.8. The Hall–Kier alpha value is -2.80. The average molecular weight is 354 g/mol. The van der Waals surface area contributed by atoms with Crippen LogP contribution >= 0.6 is 0 Å². The van der Waals surface area contributed by atoms with Crippen molar-refractivity contribution < 1.29 is 20.1 Å². The Morgan fingerprint density at radius 1 is 1.16 bits per heavy atom. The summed E-state index contributed by atoms with van der Waals surface area (Å²) >= 11 is 0. The molecule has 3 heterocycles. The summed E-state index contributed by atoms with van der Waals surface area (Å²) in [6, 6.07) is 2.89. The summed E-state index contributed by atoms with van der Waals surface area (Å²) in [5, 5.41) is 28.2. The van der Waals surface area contributed by atoms with Crippen LogP contribution in [0.4, 0.5) is 11.6 Å². The third-order valence-corrected chi connectivity index (χ3v) is 3.33. The van der Waals surface area contributed by atoms with Gasteiger partial charge in [0.2, 0.25) is 0 Å². The van der Waals surface area contributed by atoms with Crippen molar-refractivity contribution in [2.45, 2.75) is 24.5 Å². The number of nitrogen functional groups attached to an aromatic ring is 2. The van der Waals surface area contributed by atoms with Crippen molar-refractivity contribution in [3.05, 3.63) is 45.5 Å². The minimum atomic E-state index is -1.31. The molecule has 1 fully saturated rings. The number of anilines is 2. The van der Waals surface area contributed by atoms with Gasteiger partial charge in [0, 0.05) is 12.4 Å². The Labute approximate surface area is 140 Å². The number of nitrogens with two attached hydrogens (primary N) is 2. The van der Waals surface area contributed by atoms with Crippen LogP contribution in [0.25, 0.3) is 0 Å². The summed E-state index contributed by atoms with van der Waals surface area (Å²) in [5.41, 5.74) is 9.35. The number of aromatic amines is 1. The predicted octanol–water partition coefficient (Wildman–Crippen LogP) is -3.21. The van der Waals surface area contributed by atoms with Crippen LogP contribution in [-0.2, 0) is 4.74 Å². The van der Waals surface area contributed by atoms with E-state index in [0.29, 0.717) is 0 Å². The number of hydrogen-bond donors (Lipinski definition) is 6. The Kier molecular flexibility index (Phi) is 5.82. The molecule has 1 aliphatic heterocycles. The molecule has 0 unspecified atom stereocenters. The van der Waals surface area contributed by atoms with Gasteiger partial charge in [0.05, 0.1) is 6.61 Å². The molecule has 0 aliphatic carbocycles. The van der Waals surface area contributed by atoms with Crippen LogP contribution in [0.3, 0.4) is 0 Å². The van der Waals surface area contributed by atoms with Gasteiger partial charge >= 0.3 is 11.4 Å². The van der Waals surface area contributed by atoms with Crippen LogP contribution < -0.4 is 22.8 Å². The maximum Gasteiger partial charge on any atom is 0.351 e. The van der Waals surface area contributed by atoms with Gasteiger partial charge in [-0.05, 0) is 12.1 Å². The summed E-state index contributed by atoms with van der Waals surface area (Å²) in [6.45, 7) is -0.453. The third kappa shape index (κ3) is 4.39. The van der Waals surface area contributed by atoms with Crippen molar-refractivity contribution in [1.82, 2.24) is 19.5 Å². The summed E-state index contributed by atoms with van der Waals surface area (Å²) in [4.78, 5) is 30.9. The van der Waals surface area contributed by atoms with Crippen molar-refractivity contribution in [2.75, 3.05) is 18.1 Å². The van der Waals surface area contributed by atoms with Crippen LogP contribution in [-0.4, -0.2) is 59.8 Å². The molecular formula is C13H18N6O6. The molecule has 3 rings (SSSR count). The second-order valence-electron chi connectivity index (χ2n) is 5.09. The van der Waals surface area contributed by atoms with E-state index >= 15 is 0 Å². The highest BCUT2D eigenvalue weighted by atomic mass is 16.6. The zero-order valence-electron chi connectivity index (χ0n) is 12.9. The van der Waals surface area contributed by atoms with Crippen molar-refractivity contribution in [1.29, 1.82) is 0 Å². The molecule has 12 heteroatoms. The van der Waals surface area contributed by atoms with Crippen LogP contribution in [0.15, 0.2) is 34.1 Å². The lowest BCUT2D eigenvalue weighted by molar-refractivity contribution is -0.0549. The first-order valence-corrected chi connectivity index (χ1v) is 7.12. The van der Waals surface area contributed by atoms with Crippen LogP contribution in [0.2, 0.25) is 0 Å². The Morgan fingerprint density at radius 2 is 1.84 bits per heavy atom. The first kappa shape index (κ1) is 18.5. The van der Waals surface area contributed by atoms with Gasteiger partial charge in [0.25, 0.3) is 0 Å². The van der Waals surface area contributed by atoms with Gasteiger partial charge in [-0.3, -0.25) is 4.57 Å². The summed E-state index contributed by atoms with van der Waals surface area (Å²) in [7, 11) is 0. The van der Waals surface area contributed by atoms with Gasteiger partial charge in [0.1, 0.15) is 29.9 Å². The highest BCUT2D eigenvalue weighted by molar-refractivity contribution is 5.23. The van der Waals surface area contributed by atoms with Crippen LogP contribution in [0, 0.1) is 0 Å². The molecule has 12 nitrogen and oxygen atoms in total. The Balaban J connectivity index is 0.000000236. The summed E-state index contributed by atoms with van der Waals surface area (Å²) < 4.78 is 6.19. The fraction of sp³-hybridized carbons (Fsp3) is 0.385. The van der Waals surface area contributed by atoms with Gasteiger partial charge in [-0.2, -0.15) is 9.97 Å². The number of H-pyrrole nitrogens is 1. The third-order valence-electron chi connectivity index (χ3n) is 3.33. The fourth-order valence-corrected chi connectivity index (χ4v) is 2.11. The number of aromatic nitrogens is 4. The summed E-state index contributed by atoms with van der Waals surface area (Å²) in [6.07, 6.45) is -1.82. The SMILES string of the molecule is Nc1cc[nH]c(=O)n1.Nc1ccn([C@@H]2O[C@H](CO)[C@@H](O)[C@H]2O)c(=O)n1. The molecule has 2 aromatic heterocycles. The van der Waals surface area contributed by atoms with E-state index in [1.165, 1.54) is 24.5 Å². The molecule has 0 amide bonds. The molecule has 1 aliphatic rings. The minimum absolute atomic E-state index is 0.0537. The van der Waals surface area contributed by atoms with E-state index in [2.05, 4.69) is 15.0 Å². The molecule has 0 aromatic carbocycles. The molecule has 0 spiro atoms. The predicted molar refractivity (Wildman–Crippen MR) is 85.2 cm³/mol. The van der Waals surface area contributed by atoms with E-state index in [-0.39, 0.29) is 11.6 Å².